The molecule has 1 aromatic carbocycles. The number of aliphatic imine (C=N–C) groups is 1. The fourth-order valence-electron chi connectivity index (χ4n) is 2.59. The quantitative estimate of drug-likeness (QED) is 0.668. The van der Waals surface area contributed by atoms with Gasteiger partial charge < -0.3 is 10.6 Å². The van der Waals surface area contributed by atoms with Crippen molar-refractivity contribution in [1.29, 1.82) is 0 Å². The lowest BCUT2D eigenvalue weighted by molar-refractivity contribution is 0.608. The summed E-state index contributed by atoms with van der Waals surface area (Å²) in [5, 5.41) is 6.99. The molecule has 0 radical (unpaired) electrons. The molecule has 0 amide bonds. The van der Waals surface area contributed by atoms with Gasteiger partial charge in [0.2, 0.25) is 0 Å². The lowest BCUT2D eigenvalue weighted by Gasteiger charge is -2.12. The first-order chi connectivity index (χ1) is 11.2. The number of benzene rings is 1. The van der Waals surface area contributed by atoms with E-state index in [2.05, 4.69) is 20.6 Å². The fraction of sp³-hybridized carbons (Fsp3) is 0.294. The van der Waals surface area contributed by atoms with Gasteiger partial charge >= 0.3 is 0 Å². The van der Waals surface area contributed by atoms with E-state index >= 15 is 0 Å². The SMILES string of the molecule is CN=C(NCc1ccccn1)NC1CC1c1c(F)cccc1Cl. The van der Waals surface area contributed by atoms with E-state index in [1.165, 1.54) is 6.07 Å². The Kier molecular flexibility index (Phi) is 4.76. The summed E-state index contributed by atoms with van der Waals surface area (Å²) in [4.78, 5) is 8.45. The smallest absolute Gasteiger partial charge is 0.191 e. The van der Waals surface area contributed by atoms with Gasteiger partial charge in [0.1, 0.15) is 5.82 Å². The Balaban J connectivity index is 1.57. The maximum absolute atomic E-state index is 13.9. The predicted octanol–water partition coefficient (Wildman–Crippen LogP) is 3.10. The van der Waals surface area contributed by atoms with Crippen LogP contribution in [0.25, 0.3) is 0 Å². The van der Waals surface area contributed by atoms with Gasteiger partial charge in [-0.05, 0) is 30.7 Å². The second-order valence-corrected chi connectivity index (χ2v) is 5.88. The van der Waals surface area contributed by atoms with E-state index in [9.17, 15) is 4.39 Å². The summed E-state index contributed by atoms with van der Waals surface area (Å²) in [7, 11) is 1.71. The van der Waals surface area contributed by atoms with Gasteiger partial charge in [0.05, 0.1) is 12.2 Å². The molecule has 1 saturated carbocycles. The zero-order chi connectivity index (χ0) is 16.2. The first kappa shape index (κ1) is 15.7. The zero-order valence-electron chi connectivity index (χ0n) is 12.8. The van der Waals surface area contributed by atoms with Crippen molar-refractivity contribution in [3.63, 3.8) is 0 Å². The molecule has 0 bridgehead atoms. The van der Waals surface area contributed by atoms with E-state index in [1.54, 1.807) is 25.4 Å². The topological polar surface area (TPSA) is 49.3 Å². The standard InChI is InChI=1S/C17H18ClFN4/c1-20-17(22-10-11-5-2-3-8-21-11)23-15-9-12(15)16-13(18)6-4-7-14(16)19/h2-8,12,15H,9-10H2,1H3,(H2,20,22,23). The highest BCUT2D eigenvalue weighted by molar-refractivity contribution is 6.31. The van der Waals surface area contributed by atoms with Gasteiger partial charge in [-0.2, -0.15) is 0 Å². The molecule has 2 N–H and O–H groups in total. The normalized spacial score (nSPS) is 20.2. The van der Waals surface area contributed by atoms with Crippen molar-refractivity contribution in [2.75, 3.05) is 7.05 Å². The Labute approximate surface area is 139 Å². The number of guanidine groups is 1. The van der Waals surface area contributed by atoms with Crippen LogP contribution in [-0.2, 0) is 6.54 Å². The number of halogens is 2. The van der Waals surface area contributed by atoms with Crippen LogP contribution in [0.5, 0.6) is 0 Å². The summed E-state index contributed by atoms with van der Waals surface area (Å²) in [5.74, 6) is 0.510. The van der Waals surface area contributed by atoms with Gasteiger partial charge in [-0.3, -0.25) is 9.98 Å². The molecule has 120 valence electrons. The van der Waals surface area contributed by atoms with Gasteiger partial charge in [0.15, 0.2) is 5.96 Å². The number of rotatable bonds is 4. The molecule has 0 spiro atoms. The van der Waals surface area contributed by atoms with E-state index in [1.807, 2.05) is 18.2 Å². The molecule has 4 nitrogen and oxygen atoms in total. The maximum Gasteiger partial charge on any atom is 0.191 e. The average molecular weight is 333 g/mol. The van der Waals surface area contributed by atoms with Gasteiger partial charge in [-0.15, -0.1) is 0 Å². The summed E-state index contributed by atoms with van der Waals surface area (Å²) in [6, 6.07) is 10.7. The molecule has 6 heteroatoms. The fourth-order valence-corrected chi connectivity index (χ4v) is 2.89. The lowest BCUT2D eigenvalue weighted by Crippen LogP contribution is -2.38. The van der Waals surface area contributed by atoms with Crippen molar-refractivity contribution in [3.8, 4) is 0 Å². The second-order valence-electron chi connectivity index (χ2n) is 5.48. The van der Waals surface area contributed by atoms with Gasteiger partial charge in [0.25, 0.3) is 0 Å². The number of pyridine rings is 1. The lowest BCUT2D eigenvalue weighted by atomic mass is 10.1. The minimum atomic E-state index is -0.247. The highest BCUT2D eigenvalue weighted by Gasteiger charge is 2.41. The zero-order valence-corrected chi connectivity index (χ0v) is 13.5. The van der Waals surface area contributed by atoms with Crippen molar-refractivity contribution in [2.24, 2.45) is 4.99 Å². The van der Waals surface area contributed by atoms with E-state index in [4.69, 9.17) is 11.6 Å². The molecule has 1 aliphatic carbocycles. The van der Waals surface area contributed by atoms with Crippen LogP contribution in [0.1, 0.15) is 23.6 Å². The Morgan fingerprint density at radius 1 is 1.35 bits per heavy atom. The second kappa shape index (κ2) is 6.96. The predicted molar refractivity (Wildman–Crippen MR) is 90.1 cm³/mol. The molecular weight excluding hydrogens is 315 g/mol. The van der Waals surface area contributed by atoms with Crippen LogP contribution in [0.2, 0.25) is 5.02 Å². The van der Waals surface area contributed by atoms with E-state index < -0.39 is 0 Å². The highest BCUT2D eigenvalue weighted by Crippen LogP contribution is 2.44. The van der Waals surface area contributed by atoms with Crippen LogP contribution in [0.3, 0.4) is 0 Å². The number of nitrogens with zero attached hydrogens (tertiary/aromatic N) is 2. The molecule has 3 rings (SSSR count). The summed E-state index contributed by atoms with van der Waals surface area (Å²) in [5.41, 5.74) is 1.52. The average Bonchev–Trinajstić information content (AvgIpc) is 3.31. The Hall–Kier alpha value is -2.14. The number of hydrogen-bond acceptors (Lipinski definition) is 2. The third-order valence-corrected chi connectivity index (χ3v) is 4.20. The summed E-state index contributed by atoms with van der Waals surface area (Å²) in [6.07, 6.45) is 2.59. The Bertz CT molecular complexity index is 685. The van der Waals surface area contributed by atoms with Crippen molar-refractivity contribution >= 4 is 17.6 Å². The molecule has 0 aliphatic heterocycles. The minimum Gasteiger partial charge on any atom is -0.353 e. The first-order valence-electron chi connectivity index (χ1n) is 7.50. The molecule has 2 aromatic rings. The molecule has 1 aromatic heterocycles. The number of aromatic nitrogens is 1. The van der Waals surface area contributed by atoms with Crippen LogP contribution in [0.4, 0.5) is 4.39 Å². The monoisotopic (exact) mass is 332 g/mol. The van der Waals surface area contributed by atoms with Crippen LogP contribution in [0.15, 0.2) is 47.6 Å². The molecule has 2 unspecified atom stereocenters. The minimum absolute atomic E-state index is 0.0806. The highest BCUT2D eigenvalue weighted by atomic mass is 35.5. The van der Waals surface area contributed by atoms with E-state index in [0.29, 0.717) is 23.1 Å². The largest absolute Gasteiger partial charge is 0.353 e. The summed E-state index contributed by atoms with van der Waals surface area (Å²) in [6.45, 7) is 0.582. The summed E-state index contributed by atoms with van der Waals surface area (Å²) >= 11 is 6.12. The van der Waals surface area contributed by atoms with E-state index in [-0.39, 0.29) is 17.8 Å². The van der Waals surface area contributed by atoms with Gasteiger partial charge in [0, 0.05) is 35.8 Å². The molecule has 1 fully saturated rings. The van der Waals surface area contributed by atoms with Crippen LogP contribution < -0.4 is 10.6 Å². The third-order valence-electron chi connectivity index (χ3n) is 3.87. The molecule has 0 saturated heterocycles. The molecule has 23 heavy (non-hydrogen) atoms. The summed E-state index contributed by atoms with van der Waals surface area (Å²) < 4.78 is 13.9. The third kappa shape index (κ3) is 3.79. The van der Waals surface area contributed by atoms with Crippen molar-refractivity contribution in [2.45, 2.75) is 24.9 Å². The molecule has 2 atom stereocenters. The van der Waals surface area contributed by atoms with Crippen molar-refractivity contribution in [1.82, 2.24) is 15.6 Å². The van der Waals surface area contributed by atoms with Crippen LogP contribution in [0, 0.1) is 5.82 Å². The first-order valence-corrected chi connectivity index (χ1v) is 7.88. The van der Waals surface area contributed by atoms with Gasteiger partial charge in [-0.1, -0.05) is 23.7 Å². The van der Waals surface area contributed by atoms with Gasteiger partial charge in [-0.25, -0.2) is 4.39 Å². The molecule has 1 aliphatic rings. The Morgan fingerprint density at radius 3 is 2.91 bits per heavy atom. The molecule has 1 heterocycles. The number of nitrogens with one attached hydrogen (secondary N) is 2. The number of hydrogen-bond donors (Lipinski definition) is 2. The van der Waals surface area contributed by atoms with Crippen LogP contribution in [-0.4, -0.2) is 24.0 Å². The van der Waals surface area contributed by atoms with Crippen LogP contribution >= 0.6 is 11.6 Å². The maximum atomic E-state index is 13.9. The van der Waals surface area contributed by atoms with Crippen molar-refractivity contribution in [3.05, 3.63) is 64.7 Å². The van der Waals surface area contributed by atoms with Crippen molar-refractivity contribution < 1.29 is 4.39 Å². The van der Waals surface area contributed by atoms with E-state index in [0.717, 1.165) is 12.1 Å². The Morgan fingerprint density at radius 2 is 2.22 bits per heavy atom. The molecular formula is C17H18ClFN4.